The minimum atomic E-state index is -0.284. The van der Waals surface area contributed by atoms with Crippen LogP contribution >= 0.6 is 0 Å². The van der Waals surface area contributed by atoms with Crippen LogP contribution in [0.15, 0.2) is 30.3 Å². The Morgan fingerprint density at radius 3 is 2.62 bits per heavy atom. The van der Waals surface area contributed by atoms with Crippen molar-refractivity contribution in [2.75, 3.05) is 13.1 Å². The van der Waals surface area contributed by atoms with Crippen LogP contribution in [0, 0.1) is 0 Å². The van der Waals surface area contributed by atoms with Crippen molar-refractivity contribution in [2.24, 2.45) is 5.73 Å². The van der Waals surface area contributed by atoms with Gasteiger partial charge in [0.25, 0.3) is 0 Å². The molecule has 16 heavy (non-hydrogen) atoms. The summed E-state index contributed by atoms with van der Waals surface area (Å²) in [6, 6.07) is 10.2. The van der Waals surface area contributed by atoms with E-state index in [2.05, 4.69) is 24.3 Å². The number of carbonyl (C=O) groups excluding carboxylic acids is 1. The average Bonchev–Trinajstić information content (AvgIpc) is 2.55. The van der Waals surface area contributed by atoms with E-state index in [4.69, 9.17) is 5.73 Å². The number of urea groups is 1. The number of nitrogens with two attached hydrogens (primary N) is 1. The minimum Gasteiger partial charge on any atom is -0.351 e. The van der Waals surface area contributed by atoms with Gasteiger partial charge in [-0.25, -0.2) is 4.79 Å². The van der Waals surface area contributed by atoms with Crippen LogP contribution in [0.2, 0.25) is 0 Å². The molecule has 86 valence electrons. The second-order valence-corrected chi connectivity index (χ2v) is 4.36. The quantitative estimate of drug-likeness (QED) is 0.772. The zero-order chi connectivity index (χ0) is 11.4. The molecule has 3 heteroatoms. The molecular formula is C13H18N2O. The van der Waals surface area contributed by atoms with Crippen molar-refractivity contribution in [1.29, 1.82) is 0 Å². The Morgan fingerprint density at radius 2 is 1.94 bits per heavy atom. The Hall–Kier alpha value is -1.51. The van der Waals surface area contributed by atoms with E-state index in [9.17, 15) is 4.79 Å². The Balaban J connectivity index is 2.02. The highest BCUT2D eigenvalue weighted by atomic mass is 16.2. The molecule has 0 aromatic heterocycles. The number of carbonyl (C=O) groups is 1. The highest BCUT2D eigenvalue weighted by Crippen LogP contribution is 2.27. The maximum atomic E-state index is 11.1. The molecular weight excluding hydrogens is 200 g/mol. The van der Waals surface area contributed by atoms with Gasteiger partial charge >= 0.3 is 6.03 Å². The lowest BCUT2D eigenvalue weighted by molar-refractivity contribution is 0.209. The summed E-state index contributed by atoms with van der Waals surface area (Å²) in [7, 11) is 0. The maximum absolute atomic E-state index is 11.1. The Morgan fingerprint density at radius 1 is 1.19 bits per heavy atom. The molecule has 0 spiro atoms. The first-order valence-electron chi connectivity index (χ1n) is 5.86. The summed E-state index contributed by atoms with van der Waals surface area (Å²) >= 11 is 0. The maximum Gasteiger partial charge on any atom is 0.314 e. The SMILES string of the molecule is NC(=O)N1CCCC(c2ccccc2)CC1. The summed E-state index contributed by atoms with van der Waals surface area (Å²) in [5.74, 6) is 0.575. The summed E-state index contributed by atoms with van der Waals surface area (Å²) in [6.07, 6.45) is 3.21. The van der Waals surface area contributed by atoms with Gasteiger partial charge in [0.1, 0.15) is 0 Å². The number of primary amides is 1. The van der Waals surface area contributed by atoms with Crippen molar-refractivity contribution in [1.82, 2.24) is 4.90 Å². The first-order chi connectivity index (χ1) is 7.77. The minimum absolute atomic E-state index is 0.284. The average molecular weight is 218 g/mol. The van der Waals surface area contributed by atoms with Crippen LogP contribution in [0.5, 0.6) is 0 Å². The predicted octanol–water partition coefficient (Wildman–Crippen LogP) is 2.33. The molecule has 2 N–H and O–H groups in total. The van der Waals surface area contributed by atoms with E-state index < -0.39 is 0 Å². The van der Waals surface area contributed by atoms with Gasteiger partial charge in [0.05, 0.1) is 0 Å². The van der Waals surface area contributed by atoms with Crippen molar-refractivity contribution in [3.8, 4) is 0 Å². The number of benzene rings is 1. The molecule has 1 heterocycles. The molecule has 1 aliphatic heterocycles. The standard InChI is InChI=1S/C13H18N2O/c14-13(16)15-9-4-7-12(8-10-15)11-5-2-1-3-6-11/h1-3,5-6,12H,4,7-10H2,(H2,14,16). The zero-order valence-electron chi connectivity index (χ0n) is 9.43. The van der Waals surface area contributed by atoms with Crippen LogP contribution in [0.4, 0.5) is 4.79 Å². The van der Waals surface area contributed by atoms with E-state index >= 15 is 0 Å². The number of hydrogen-bond donors (Lipinski definition) is 1. The molecule has 2 amide bonds. The van der Waals surface area contributed by atoms with Crippen LogP contribution in [-0.2, 0) is 0 Å². The molecule has 0 aliphatic carbocycles. The number of rotatable bonds is 1. The van der Waals surface area contributed by atoms with Gasteiger partial charge in [0, 0.05) is 13.1 Å². The van der Waals surface area contributed by atoms with Crippen molar-refractivity contribution >= 4 is 6.03 Å². The second kappa shape index (κ2) is 5.01. The third kappa shape index (κ3) is 2.54. The molecule has 1 unspecified atom stereocenters. The van der Waals surface area contributed by atoms with Crippen molar-refractivity contribution in [2.45, 2.75) is 25.2 Å². The molecule has 1 aliphatic rings. The van der Waals surface area contributed by atoms with Gasteiger partial charge in [0.2, 0.25) is 0 Å². The van der Waals surface area contributed by atoms with Gasteiger partial charge in [-0.05, 0) is 30.7 Å². The Bertz CT molecular complexity index is 350. The molecule has 1 fully saturated rings. The van der Waals surface area contributed by atoms with Gasteiger partial charge in [-0.1, -0.05) is 30.3 Å². The van der Waals surface area contributed by atoms with Crippen molar-refractivity contribution < 1.29 is 4.79 Å². The fourth-order valence-corrected chi connectivity index (χ4v) is 2.38. The van der Waals surface area contributed by atoms with Gasteiger partial charge < -0.3 is 10.6 Å². The normalized spacial score (nSPS) is 21.5. The summed E-state index contributed by atoms with van der Waals surface area (Å²) in [6.45, 7) is 1.59. The van der Waals surface area contributed by atoms with E-state index in [1.54, 1.807) is 4.90 Å². The zero-order valence-corrected chi connectivity index (χ0v) is 9.43. The number of nitrogens with zero attached hydrogens (tertiary/aromatic N) is 1. The van der Waals surface area contributed by atoms with E-state index in [1.807, 2.05) is 6.07 Å². The number of amides is 2. The highest BCUT2D eigenvalue weighted by molar-refractivity contribution is 5.71. The van der Waals surface area contributed by atoms with E-state index in [-0.39, 0.29) is 6.03 Å². The molecule has 0 saturated carbocycles. The van der Waals surface area contributed by atoms with Crippen molar-refractivity contribution in [3.63, 3.8) is 0 Å². The van der Waals surface area contributed by atoms with Gasteiger partial charge in [-0.15, -0.1) is 0 Å². The predicted molar refractivity (Wildman–Crippen MR) is 64.2 cm³/mol. The molecule has 0 bridgehead atoms. The first-order valence-corrected chi connectivity index (χ1v) is 5.86. The van der Waals surface area contributed by atoms with Crippen LogP contribution in [0.1, 0.15) is 30.7 Å². The number of likely N-dealkylation sites (tertiary alicyclic amines) is 1. The molecule has 1 saturated heterocycles. The van der Waals surface area contributed by atoms with Gasteiger partial charge in [0.15, 0.2) is 0 Å². The molecule has 1 aromatic carbocycles. The largest absolute Gasteiger partial charge is 0.351 e. The highest BCUT2D eigenvalue weighted by Gasteiger charge is 2.19. The lowest BCUT2D eigenvalue weighted by Gasteiger charge is -2.17. The molecule has 1 atom stereocenters. The lowest BCUT2D eigenvalue weighted by atomic mass is 9.92. The molecule has 2 rings (SSSR count). The Kier molecular flexibility index (Phi) is 3.44. The fourth-order valence-electron chi connectivity index (χ4n) is 2.38. The number of hydrogen-bond acceptors (Lipinski definition) is 1. The smallest absolute Gasteiger partial charge is 0.314 e. The van der Waals surface area contributed by atoms with Crippen LogP contribution in [0.25, 0.3) is 0 Å². The Labute approximate surface area is 96.2 Å². The second-order valence-electron chi connectivity index (χ2n) is 4.36. The topological polar surface area (TPSA) is 46.3 Å². The fraction of sp³-hybridized carbons (Fsp3) is 0.462. The third-order valence-electron chi connectivity index (χ3n) is 3.31. The van der Waals surface area contributed by atoms with E-state index in [0.29, 0.717) is 5.92 Å². The summed E-state index contributed by atoms with van der Waals surface area (Å²) in [5, 5.41) is 0. The van der Waals surface area contributed by atoms with E-state index in [1.165, 1.54) is 5.56 Å². The summed E-state index contributed by atoms with van der Waals surface area (Å²) in [5.41, 5.74) is 6.69. The first kappa shape index (κ1) is 11.0. The van der Waals surface area contributed by atoms with Gasteiger partial charge in [-0.3, -0.25) is 0 Å². The monoisotopic (exact) mass is 218 g/mol. The van der Waals surface area contributed by atoms with Crippen molar-refractivity contribution in [3.05, 3.63) is 35.9 Å². The summed E-state index contributed by atoms with van der Waals surface area (Å²) in [4.78, 5) is 12.9. The third-order valence-corrected chi connectivity index (χ3v) is 3.31. The van der Waals surface area contributed by atoms with Gasteiger partial charge in [-0.2, -0.15) is 0 Å². The van der Waals surface area contributed by atoms with Crippen LogP contribution in [0.3, 0.4) is 0 Å². The van der Waals surface area contributed by atoms with Crippen LogP contribution in [-0.4, -0.2) is 24.0 Å². The van der Waals surface area contributed by atoms with E-state index in [0.717, 1.165) is 32.4 Å². The molecule has 3 nitrogen and oxygen atoms in total. The lowest BCUT2D eigenvalue weighted by Crippen LogP contribution is -2.36. The molecule has 1 aromatic rings. The summed E-state index contributed by atoms with van der Waals surface area (Å²) < 4.78 is 0. The van der Waals surface area contributed by atoms with Crippen LogP contribution < -0.4 is 5.73 Å². The molecule has 0 radical (unpaired) electrons.